The van der Waals surface area contributed by atoms with Gasteiger partial charge in [0.1, 0.15) is 11.6 Å². The van der Waals surface area contributed by atoms with E-state index in [9.17, 15) is 12.8 Å². The first-order valence-electron chi connectivity index (χ1n) is 9.21. The summed E-state index contributed by atoms with van der Waals surface area (Å²) in [5.74, 6) is -0.0158. The second-order valence-corrected chi connectivity index (χ2v) is 8.97. The van der Waals surface area contributed by atoms with Crippen molar-refractivity contribution >= 4 is 10.0 Å². The fourth-order valence-corrected chi connectivity index (χ4v) is 5.00. The maximum absolute atomic E-state index is 13.1. The first-order valence-corrected chi connectivity index (χ1v) is 10.6. The van der Waals surface area contributed by atoms with E-state index in [2.05, 4.69) is 9.97 Å². The number of benzene rings is 1. The van der Waals surface area contributed by atoms with Gasteiger partial charge < -0.3 is 9.30 Å². The van der Waals surface area contributed by atoms with Crippen LogP contribution in [0.25, 0.3) is 0 Å². The van der Waals surface area contributed by atoms with Crippen molar-refractivity contribution in [2.24, 2.45) is 13.0 Å². The molecule has 1 saturated heterocycles. The van der Waals surface area contributed by atoms with Gasteiger partial charge in [-0.3, -0.25) is 4.98 Å². The fraction of sp³-hybridized carbons (Fsp3) is 0.300. The van der Waals surface area contributed by atoms with Crippen LogP contribution in [0.2, 0.25) is 0 Å². The van der Waals surface area contributed by atoms with Gasteiger partial charge in [-0.1, -0.05) is 6.07 Å². The molecule has 2 aromatic heterocycles. The third-order valence-corrected chi connectivity index (χ3v) is 6.76. The first-order chi connectivity index (χ1) is 13.9. The smallest absolute Gasteiger partial charge is 0.262 e. The summed E-state index contributed by atoms with van der Waals surface area (Å²) in [6.45, 7) is 0.885. The summed E-state index contributed by atoms with van der Waals surface area (Å²) < 4.78 is 48.0. The van der Waals surface area contributed by atoms with Crippen molar-refractivity contribution in [3.8, 4) is 5.75 Å². The average Bonchev–Trinajstić information content (AvgIpc) is 3.35. The quantitative estimate of drug-likeness (QED) is 0.617. The molecule has 7 nitrogen and oxygen atoms in total. The molecular formula is C20H21FN4O3S. The highest BCUT2D eigenvalue weighted by Crippen LogP contribution is 2.35. The van der Waals surface area contributed by atoms with Crippen molar-refractivity contribution in [1.82, 2.24) is 18.8 Å². The Kier molecular flexibility index (Phi) is 5.33. The number of nitrogens with zero attached hydrogens (tertiary/aromatic N) is 4. The van der Waals surface area contributed by atoms with E-state index >= 15 is 0 Å². The van der Waals surface area contributed by atoms with Crippen molar-refractivity contribution in [2.45, 2.75) is 10.9 Å². The minimum atomic E-state index is -3.71. The van der Waals surface area contributed by atoms with Crippen LogP contribution in [-0.2, 0) is 17.1 Å². The predicted octanol–water partition coefficient (Wildman–Crippen LogP) is 2.44. The first kappa shape index (κ1) is 19.5. The van der Waals surface area contributed by atoms with Crippen LogP contribution >= 0.6 is 0 Å². The molecular weight excluding hydrogens is 395 g/mol. The zero-order valence-electron chi connectivity index (χ0n) is 15.8. The summed E-state index contributed by atoms with van der Waals surface area (Å²) in [7, 11) is -1.98. The van der Waals surface area contributed by atoms with Crippen LogP contribution in [0.4, 0.5) is 4.39 Å². The van der Waals surface area contributed by atoms with E-state index in [1.165, 1.54) is 29.0 Å². The van der Waals surface area contributed by atoms with Gasteiger partial charge >= 0.3 is 0 Å². The lowest BCUT2D eigenvalue weighted by Gasteiger charge is -2.18. The molecule has 1 aromatic carbocycles. The molecule has 152 valence electrons. The molecule has 9 heteroatoms. The largest absolute Gasteiger partial charge is 0.493 e. The Morgan fingerprint density at radius 2 is 1.93 bits per heavy atom. The van der Waals surface area contributed by atoms with Crippen LogP contribution in [0.15, 0.2) is 66.2 Å². The number of ether oxygens (including phenoxy) is 1. The molecule has 29 heavy (non-hydrogen) atoms. The van der Waals surface area contributed by atoms with Gasteiger partial charge in [0.25, 0.3) is 10.0 Å². The Balaban J connectivity index is 1.57. The molecule has 4 rings (SSSR count). The van der Waals surface area contributed by atoms with Gasteiger partial charge in [0.15, 0.2) is 5.03 Å². The summed E-state index contributed by atoms with van der Waals surface area (Å²) >= 11 is 0. The molecule has 2 atom stereocenters. The van der Waals surface area contributed by atoms with Crippen LogP contribution < -0.4 is 4.74 Å². The molecule has 3 aromatic rings. The summed E-state index contributed by atoms with van der Waals surface area (Å²) in [5, 5.41) is 0.0277. The minimum absolute atomic E-state index is 0.0277. The third kappa shape index (κ3) is 4.15. The van der Waals surface area contributed by atoms with Crippen molar-refractivity contribution < 1.29 is 17.5 Å². The van der Waals surface area contributed by atoms with Crippen molar-refractivity contribution in [3.63, 3.8) is 0 Å². The van der Waals surface area contributed by atoms with Crippen molar-refractivity contribution in [2.75, 3.05) is 19.7 Å². The molecule has 0 saturated carbocycles. The number of sulfonamides is 1. The molecule has 1 fully saturated rings. The van der Waals surface area contributed by atoms with Crippen molar-refractivity contribution in [1.29, 1.82) is 0 Å². The standard InChI is InChI=1S/C20H21FN4O3S/c1-24-12-20(23-14-24)29(26,27)25-10-15(13-28-17-7-5-16(21)6-8-17)18(11-25)19-4-2-3-9-22-19/h2-9,12,14-15,18H,10-11,13H2,1H3. The van der Waals surface area contributed by atoms with E-state index in [4.69, 9.17) is 4.74 Å². The summed E-state index contributed by atoms with van der Waals surface area (Å²) in [6, 6.07) is 11.4. The highest BCUT2D eigenvalue weighted by Gasteiger charge is 2.41. The molecule has 0 radical (unpaired) electrons. The van der Waals surface area contributed by atoms with Crippen LogP contribution in [-0.4, -0.2) is 47.0 Å². The van der Waals surface area contributed by atoms with E-state index in [-0.39, 0.29) is 22.7 Å². The summed E-state index contributed by atoms with van der Waals surface area (Å²) in [4.78, 5) is 8.43. The molecule has 3 heterocycles. The molecule has 0 aliphatic carbocycles. The number of rotatable bonds is 6. The summed E-state index contributed by atoms with van der Waals surface area (Å²) in [5.41, 5.74) is 0.818. The second kappa shape index (κ2) is 7.92. The highest BCUT2D eigenvalue weighted by atomic mass is 32.2. The van der Waals surface area contributed by atoms with E-state index < -0.39 is 10.0 Å². The molecule has 0 spiro atoms. The minimum Gasteiger partial charge on any atom is -0.493 e. The van der Waals surface area contributed by atoms with E-state index in [0.717, 1.165) is 5.69 Å². The number of aromatic nitrogens is 3. The number of hydrogen-bond acceptors (Lipinski definition) is 5. The van der Waals surface area contributed by atoms with Gasteiger partial charge in [0.05, 0.1) is 12.9 Å². The van der Waals surface area contributed by atoms with Crippen LogP contribution in [0, 0.1) is 11.7 Å². The molecule has 0 amide bonds. The lowest BCUT2D eigenvalue weighted by Crippen LogP contribution is -2.30. The normalized spacial score (nSPS) is 20.1. The monoisotopic (exact) mass is 416 g/mol. The van der Waals surface area contributed by atoms with Crippen molar-refractivity contribution in [3.05, 3.63) is 72.7 Å². The Hall–Kier alpha value is -2.78. The molecule has 0 bridgehead atoms. The van der Waals surface area contributed by atoms with Gasteiger partial charge in [-0.15, -0.1) is 0 Å². The van der Waals surface area contributed by atoms with Crippen LogP contribution in [0.5, 0.6) is 5.75 Å². The average molecular weight is 416 g/mol. The topological polar surface area (TPSA) is 77.3 Å². The van der Waals surface area contributed by atoms with E-state index in [1.807, 2.05) is 18.2 Å². The van der Waals surface area contributed by atoms with E-state index in [0.29, 0.717) is 25.4 Å². The maximum Gasteiger partial charge on any atom is 0.262 e. The lowest BCUT2D eigenvalue weighted by molar-refractivity contribution is 0.243. The number of imidazole rings is 1. The SMILES string of the molecule is Cn1cnc(S(=O)(=O)N2CC(COc3ccc(F)cc3)C(c3ccccn3)C2)c1. The van der Waals surface area contributed by atoms with Gasteiger partial charge in [-0.25, -0.2) is 17.8 Å². The fourth-order valence-electron chi connectivity index (χ4n) is 3.52. The molecule has 1 aliphatic heterocycles. The molecule has 1 aliphatic rings. The number of halogens is 1. The Bertz CT molecular complexity index is 1070. The zero-order valence-corrected chi connectivity index (χ0v) is 16.7. The third-order valence-electron chi connectivity index (χ3n) is 5.04. The maximum atomic E-state index is 13.1. The Morgan fingerprint density at radius 1 is 1.14 bits per heavy atom. The highest BCUT2D eigenvalue weighted by molar-refractivity contribution is 7.89. The number of hydrogen-bond donors (Lipinski definition) is 0. The number of pyridine rings is 1. The number of aryl methyl sites for hydroxylation is 1. The Morgan fingerprint density at radius 3 is 2.59 bits per heavy atom. The lowest BCUT2D eigenvalue weighted by atomic mass is 9.93. The van der Waals surface area contributed by atoms with Gasteiger partial charge in [0.2, 0.25) is 0 Å². The zero-order chi connectivity index (χ0) is 20.4. The van der Waals surface area contributed by atoms with E-state index in [1.54, 1.807) is 29.9 Å². The van der Waals surface area contributed by atoms with Crippen LogP contribution in [0.1, 0.15) is 11.6 Å². The van der Waals surface area contributed by atoms with Gasteiger partial charge in [0, 0.05) is 50.1 Å². The van der Waals surface area contributed by atoms with Crippen LogP contribution in [0.3, 0.4) is 0 Å². The molecule has 2 unspecified atom stereocenters. The molecule has 0 N–H and O–H groups in total. The Labute approximate surface area is 168 Å². The van der Waals surface area contributed by atoms with Gasteiger partial charge in [-0.05, 0) is 36.4 Å². The summed E-state index contributed by atoms with van der Waals surface area (Å²) in [6.07, 6.45) is 4.66. The predicted molar refractivity (Wildman–Crippen MR) is 104 cm³/mol. The second-order valence-electron chi connectivity index (χ2n) is 7.09. The van der Waals surface area contributed by atoms with Gasteiger partial charge in [-0.2, -0.15) is 4.31 Å².